The third kappa shape index (κ3) is 3.69. The van der Waals surface area contributed by atoms with E-state index in [-0.39, 0.29) is 23.7 Å². The second-order valence-corrected chi connectivity index (χ2v) is 12.8. The number of hydrogen-bond donors (Lipinski definition) is 3. The number of aliphatic hydroxyl groups is 3. The summed E-state index contributed by atoms with van der Waals surface area (Å²) >= 11 is 0. The summed E-state index contributed by atoms with van der Waals surface area (Å²) in [5.74, 6) is 4.22. The van der Waals surface area contributed by atoms with Crippen LogP contribution in [0.4, 0.5) is 0 Å². The van der Waals surface area contributed by atoms with Gasteiger partial charge in [-0.05, 0) is 116 Å². The summed E-state index contributed by atoms with van der Waals surface area (Å²) in [5, 5.41) is 31.7. The zero-order valence-corrected chi connectivity index (χ0v) is 20.2. The van der Waals surface area contributed by atoms with Crippen LogP contribution < -0.4 is 0 Å². The highest BCUT2D eigenvalue weighted by Gasteiger charge is 2.62. The van der Waals surface area contributed by atoms with E-state index in [2.05, 4.69) is 34.6 Å². The Balaban J connectivity index is 1.49. The van der Waals surface area contributed by atoms with Crippen LogP contribution in [0.25, 0.3) is 0 Å². The van der Waals surface area contributed by atoms with Gasteiger partial charge < -0.3 is 15.3 Å². The topological polar surface area (TPSA) is 60.7 Å². The fraction of sp³-hybridized carbons (Fsp3) is 1.00. The average molecular weight is 421 g/mol. The molecule has 30 heavy (non-hydrogen) atoms. The molecule has 4 aliphatic rings. The van der Waals surface area contributed by atoms with Crippen molar-refractivity contribution < 1.29 is 15.3 Å². The van der Waals surface area contributed by atoms with Gasteiger partial charge in [-0.2, -0.15) is 0 Å². The predicted octanol–water partition coefficient (Wildman–Crippen LogP) is 5.41. The Labute approximate surface area is 185 Å². The molecule has 0 amide bonds. The molecular weight excluding hydrogens is 372 g/mol. The molecule has 4 saturated carbocycles. The molecule has 3 heteroatoms. The van der Waals surface area contributed by atoms with Crippen molar-refractivity contribution in [2.75, 3.05) is 0 Å². The van der Waals surface area contributed by atoms with E-state index < -0.39 is 0 Å². The summed E-state index contributed by atoms with van der Waals surface area (Å²) in [6.07, 6.45) is 10.6. The SMILES string of the molecule is CC(C)C(O)CC[C@@H](C)[C@H]1CC[C@H]2[C@@H]3C[C@H](O)[C@@H]4C[C@H](O)CC[C@]4(C)[C@H]3CC[C@]12C. The average Bonchev–Trinajstić information content (AvgIpc) is 3.04. The van der Waals surface area contributed by atoms with E-state index in [0.717, 1.165) is 56.3 Å². The van der Waals surface area contributed by atoms with Crippen molar-refractivity contribution in [3.05, 3.63) is 0 Å². The van der Waals surface area contributed by atoms with Gasteiger partial charge in [0.2, 0.25) is 0 Å². The summed E-state index contributed by atoms with van der Waals surface area (Å²) in [4.78, 5) is 0. The lowest BCUT2D eigenvalue weighted by Gasteiger charge is -2.62. The third-order valence-corrected chi connectivity index (χ3v) is 11.1. The van der Waals surface area contributed by atoms with Crippen molar-refractivity contribution >= 4 is 0 Å². The third-order valence-electron chi connectivity index (χ3n) is 11.1. The molecule has 4 rings (SSSR count). The number of fused-ring (bicyclic) bond motifs is 5. The molecule has 3 N–H and O–H groups in total. The maximum atomic E-state index is 11.2. The van der Waals surface area contributed by atoms with Gasteiger partial charge in [0.05, 0.1) is 18.3 Å². The Morgan fingerprint density at radius 3 is 2.17 bits per heavy atom. The van der Waals surface area contributed by atoms with E-state index in [1.807, 2.05) is 0 Å². The van der Waals surface area contributed by atoms with Crippen molar-refractivity contribution in [2.45, 2.75) is 117 Å². The monoisotopic (exact) mass is 420 g/mol. The Morgan fingerprint density at radius 1 is 0.800 bits per heavy atom. The molecule has 0 aliphatic heterocycles. The minimum absolute atomic E-state index is 0.166. The van der Waals surface area contributed by atoms with Gasteiger partial charge in [-0.15, -0.1) is 0 Å². The van der Waals surface area contributed by atoms with Gasteiger partial charge in [0, 0.05) is 0 Å². The van der Waals surface area contributed by atoms with Crippen molar-refractivity contribution in [2.24, 2.45) is 52.3 Å². The van der Waals surface area contributed by atoms with Crippen LogP contribution in [-0.4, -0.2) is 33.6 Å². The fourth-order valence-electron chi connectivity index (χ4n) is 9.22. The zero-order valence-electron chi connectivity index (χ0n) is 20.2. The lowest BCUT2D eigenvalue weighted by Crippen LogP contribution is -2.58. The van der Waals surface area contributed by atoms with Gasteiger partial charge in [-0.25, -0.2) is 0 Å². The Kier molecular flexibility index (Phi) is 6.41. The molecular formula is C27H48O3. The second kappa shape index (κ2) is 8.34. The van der Waals surface area contributed by atoms with Crippen molar-refractivity contribution in [3.63, 3.8) is 0 Å². The highest BCUT2D eigenvalue weighted by atomic mass is 16.3. The Hall–Kier alpha value is -0.120. The predicted molar refractivity (Wildman–Crippen MR) is 122 cm³/mol. The largest absolute Gasteiger partial charge is 0.393 e. The van der Waals surface area contributed by atoms with Crippen molar-refractivity contribution in [1.29, 1.82) is 0 Å². The van der Waals surface area contributed by atoms with Crippen molar-refractivity contribution in [1.82, 2.24) is 0 Å². The molecule has 0 aromatic rings. The van der Waals surface area contributed by atoms with Gasteiger partial charge in [0.15, 0.2) is 0 Å². The minimum Gasteiger partial charge on any atom is -0.393 e. The summed E-state index contributed by atoms with van der Waals surface area (Å²) in [6.45, 7) is 11.7. The molecule has 1 unspecified atom stereocenters. The van der Waals surface area contributed by atoms with Crippen molar-refractivity contribution in [3.8, 4) is 0 Å². The molecule has 0 aromatic carbocycles. The first kappa shape index (κ1) is 23.1. The molecule has 3 nitrogen and oxygen atoms in total. The number of hydrogen-bond acceptors (Lipinski definition) is 3. The zero-order chi connectivity index (χ0) is 21.8. The highest BCUT2D eigenvalue weighted by Crippen LogP contribution is 2.68. The van der Waals surface area contributed by atoms with Crippen LogP contribution >= 0.6 is 0 Å². The standard InChI is InChI=1S/C27H48O3/c1-16(2)24(29)9-6-17(3)20-7-8-21-19-15-25(30)23-14-18(28)10-12-27(23,5)22(19)11-13-26(20,21)4/h16-25,28-30H,6-15H2,1-5H3/t17-,18-,19+,20-,21+,22+,23+,24?,25+,26-,27-/m1/s1. The van der Waals surface area contributed by atoms with Gasteiger partial charge >= 0.3 is 0 Å². The summed E-state index contributed by atoms with van der Waals surface area (Å²) < 4.78 is 0. The fourth-order valence-corrected chi connectivity index (χ4v) is 9.22. The molecule has 4 aliphatic carbocycles. The first-order chi connectivity index (χ1) is 14.1. The summed E-state index contributed by atoms with van der Waals surface area (Å²) in [6, 6.07) is 0. The molecule has 0 aromatic heterocycles. The maximum Gasteiger partial charge on any atom is 0.0577 e. The van der Waals surface area contributed by atoms with E-state index in [0.29, 0.717) is 29.1 Å². The Morgan fingerprint density at radius 2 is 1.47 bits per heavy atom. The molecule has 11 atom stereocenters. The highest BCUT2D eigenvalue weighted by molar-refractivity contribution is 5.11. The van der Waals surface area contributed by atoms with Crippen LogP contribution in [0, 0.1) is 52.3 Å². The maximum absolute atomic E-state index is 11.2. The lowest BCUT2D eigenvalue weighted by atomic mass is 9.44. The second-order valence-electron chi connectivity index (χ2n) is 12.8. The molecule has 0 spiro atoms. The smallest absolute Gasteiger partial charge is 0.0577 e. The van der Waals surface area contributed by atoms with Crippen LogP contribution in [0.1, 0.15) is 98.8 Å². The molecule has 0 saturated heterocycles. The van der Waals surface area contributed by atoms with E-state index in [9.17, 15) is 15.3 Å². The van der Waals surface area contributed by atoms with Gasteiger partial charge in [0.1, 0.15) is 0 Å². The number of rotatable bonds is 5. The first-order valence-corrected chi connectivity index (χ1v) is 13.1. The van der Waals surface area contributed by atoms with Crippen LogP contribution in [0.2, 0.25) is 0 Å². The van der Waals surface area contributed by atoms with E-state index in [1.165, 1.54) is 25.7 Å². The Bertz CT molecular complexity index is 605. The van der Waals surface area contributed by atoms with Crippen LogP contribution in [0.5, 0.6) is 0 Å². The minimum atomic E-state index is -0.230. The lowest BCUT2D eigenvalue weighted by molar-refractivity contribution is -0.172. The van der Waals surface area contributed by atoms with Gasteiger partial charge in [0.25, 0.3) is 0 Å². The molecule has 0 radical (unpaired) electrons. The normalized spacial score (nSPS) is 50.5. The van der Waals surface area contributed by atoms with Gasteiger partial charge in [-0.1, -0.05) is 34.6 Å². The summed E-state index contributed by atoms with van der Waals surface area (Å²) in [7, 11) is 0. The molecule has 4 fully saturated rings. The first-order valence-electron chi connectivity index (χ1n) is 13.1. The summed E-state index contributed by atoms with van der Waals surface area (Å²) in [5.41, 5.74) is 0.619. The molecule has 0 bridgehead atoms. The van der Waals surface area contributed by atoms with E-state index in [4.69, 9.17) is 0 Å². The van der Waals surface area contributed by atoms with E-state index >= 15 is 0 Å². The van der Waals surface area contributed by atoms with Crippen LogP contribution in [-0.2, 0) is 0 Å². The number of aliphatic hydroxyl groups excluding tert-OH is 3. The van der Waals surface area contributed by atoms with Crippen LogP contribution in [0.15, 0.2) is 0 Å². The van der Waals surface area contributed by atoms with E-state index in [1.54, 1.807) is 0 Å². The van der Waals surface area contributed by atoms with Crippen LogP contribution in [0.3, 0.4) is 0 Å². The quantitative estimate of drug-likeness (QED) is 0.557. The molecule has 174 valence electrons. The van der Waals surface area contributed by atoms with Gasteiger partial charge in [-0.3, -0.25) is 0 Å². The molecule has 0 heterocycles.